The average molecular weight is 284 g/mol. The second kappa shape index (κ2) is 6.35. The van der Waals surface area contributed by atoms with E-state index in [9.17, 15) is 0 Å². The Bertz CT molecular complexity index is 603. The van der Waals surface area contributed by atoms with Gasteiger partial charge in [0, 0.05) is 12.2 Å². The Morgan fingerprint density at radius 3 is 3.00 bits per heavy atom. The maximum atomic E-state index is 6.03. The van der Waals surface area contributed by atoms with Gasteiger partial charge in [-0.1, -0.05) is 25.1 Å². The molecule has 1 aliphatic rings. The van der Waals surface area contributed by atoms with Crippen LogP contribution in [0.4, 0.5) is 5.69 Å². The first-order valence-electron chi connectivity index (χ1n) is 7.89. The molecule has 0 saturated carbocycles. The third kappa shape index (κ3) is 3.13. The van der Waals surface area contributed by atoms with Crippen molar-refractivity contribution >= 4 is 5.69 Å². The van der Waals surface area contributed by atoms with Crippen molar-refractivity contribution in [2.45, 2.75) is 39.8 Å². The highest BCUT2D eigenvalue weighted by molar-refractivity contribution is 5.57. The van der Waals surface area contributed by atoms with Crippen LogP contribution in [-0.4, -0.2) is 13.1 Å². The second-order valence-corrected chi connectivity index (χ2v) is 5.80. The van der Waals surface area contributed by atoms with Gasteiger partial charge in [0.25, 0.3) is 0 Å². The van der Waals surface area contributed by atoms with Gasteiger partial charge in [-0.05, 0) is 49.6 Å². The molecule has 1 aromatic carbocycles. The smallest absolute Gasteiger partial charge is 0.123 e. The minimum absolute atomic E-state index is 0.830. The molecule has 0 spiro atoms. The monoisotopic (exact) mass is 284 g/mol. The number of benzene rings is 1. The van der Waals surface area contributed by atoms with Crippen LogP contribution >= 0.6 is 0 Å². The van der Waals surface area contributed by atoms with Crippen LogP contribution in [0.2, 0.25) is 0 Å². The summed E-state index contributed by atoms with van der Waals surface area (Å²) in [5.41, 5.74) is 4.06. The lowest BCUT2D eigenvalue weighted by Crippen LogP contribution is -2.19. The Morgan fingerprint density at radius 1 is 1.29 bits per heavy atom. The summed E-state index contributed by atoms with van der Waals surface area (Å²) in [4.78, 5) is 2.41. The standard InChI is InChI=1S/C18H24N2O/c1-3-9-19-12-18-14(2)11-16(21-18)13-20-10-8-15-6-4-5-7-17(15)20/h4-7,11,19H,3,8-10,12-13H2,1-2H3. The molecule has 0 amide bonds. The summed E-state index contributed by atoms with van der Waals surface area (Å²) in [6.07, 6.45) is 2.29. The number of hydrogen-bond donors (Lipinski definition) is 1. The number of aryl methyl sites for hydroxylation is 1. The van der Waals surface area contributed by atoms with Gasteiger partial charge in [-0.15, -0.1) is 0 Å². The molecule has 0 fully saturated rings. The van der Waals surface area contributed by atoms with Gasteiger partial charge in [-0.2, -0.15) is 0 Å². The molecule has 0 aliphatic carbocycles. The highest BCUT2D eigenvalue weighted by atomic mass is 16.3. The second-order valence-electron chi connectivity index (χ2n) is 5.80. The first-order valence-corrected chi connectivity index (χ1v) is 7.89. The number of hydrogen-bond acceptors (Lipinski definition) is 3. The van der Waals surface area contributed by atoms with E-state index in [2.05, 4.69) is 54.4 Å². The van der Waals surface area contributed by atoms with E-state index in [-0.39, 0.29) is 0 Å². The van der Waals surface area contributed by atoms with Gasteiger partial charge < -0.3 is 14.6 Å². The van der Waals surface area contributed by atoms with Crippen molar-refractivity contribution in [2.24, 2.45) is 0 Å². The molecule has 0 atom stereocenters. The van der Waals surface area contributed by atoms with Crippen molar-refractivity contribution in [2.75, 3.05) is 18.0 Å². The largest absolute Gasteiger partial charge is 0.463 e. The fourth-order valence-electron chi connectivity index (χ4n) is 2.98. The molecule has 3 nitrogen and oxygen atoms in total. The minimum Gasteiger partial charge on any atom is -0.463 e. The minimum atomic E-state index is 0.830. The Hall–Kier alpha value is -1.74. The summed E-state index contributed by atoms with van der Waals surface area (Å²) in [5.74, 6) is 2.14. The van der Waals surface area contributed by atoms with Crippen LogP contribution in [0.25, 0.3) is 0 Å². The van der Waals surface area contributed by atoms with Crippen molar-refractivity contribution in [1.29, 1.82) is 0 Å². The maximum absolute atomic E-state index is 6.03. The lowest BCUT2D eigenvalue weighted by Gasteiger charge is -2.17. The number of anilines is 1. The highest BCUT2D eigenvalue weighted by Crippen LogP contribution is 2.29. The van der Waals surface area contributed by atoms with E-state index < -0.39 is 0 Å². The number of rotatable bonds is 6. The zero-order valence-electron chi connectivity index (χ0n) is 13.0. The van der Waals surface area contributed by atoms with Gasteiger partial charge in [0.2, 0.25) is 0 Å². The molecule has 3 heteroatoms. The average Bonchev–Trinajstić information content (AvgIpc) is 3.05. The number of para-hydroxylation sites is 1. The molecule has 2 aromatic rings. The molecule has 0 saturated heterocycles. The molecular weight excluding hydrogens is 260 g/mol. The quantitative estimate of drug-likeness (QED) is 0.821. The number of fused-ring (bicyclic) bond motifs is 1. The zero-order chi connectivity index (χ0) is 14.7. The van der Waals surface area contributed by atoms with E-state index >= 15 is 0 Å². The molecule has 1 aromatic heterocycles. The lowest BCUT2D eigenvalue weighted by atomic mass is 10.2. The summed E-state index contributed by atoms with van der Waals surface area (Å²) in [7, 11) is 0. The van der Waals surface area contributed by atoms with E-state index in [1.807, 2.05) is 0 Å². The molecule has 2 heterocycles. The van der Waals surface area contributed by atoms with Gasteiger partial charge in [-0.25, -0.2) is 0 Å². The molecule has 1 N–H and O–H groups in total. The van der Waals surface area contributed by atoms with Gasteiger partial charge in [0.1, 0.15) is 11.5 Å². The normalized spacial score (nSPS) is 13.7. The highest BCUT2D eigenvalue weighted by Gasteiger charge is 2.20. The van der Waals surface area contributed by atoms with E-state index in [4.69, 9.17) is 4.42 Å². The summed E-state index contributed by atoms with van der Waals surface area (Å²) < 4.78 is 6.03. The van der Waals surface area contributed by atoms with Crippen LogP contribution < -0.4 is 10.2 Å². The van der Waals surface area contributed by atoms with Crippen LogP contribution in [0.15, 0.2) is 34.7 Å². The number of nitrogens with zero attached hydrogens (tertiary/aromatic N) is 1. The Labute approximate surface area is 127 Å². The fourth-order valence-corrected chi connectivity index (χ4v) is 2.98. The molecule has 3 rings (SSSR count). The first-order chi connectivity index (χ1) is 10.3. The summed E-state index contributed by atoms with van der Waals surface area (Å²) >= 11 is 0. The summed E-state index contributed by atoms with van der Waals surface area (Å²) in [5, 5.41) is 3.41. The first kappa shape index (κ1) is 14.2. The van der Waals surface area contributed by atoms with Gasteiger partial charge >= 0.3 is 0 Å². The van der Waals surface area contributed by atoms with Crippen molar-refractivity contribution in [3.63, 3.8) is 0 Å². The molecular formula is C18H24N2O. The molecule has 0 bridgehead atoms. The lowest BCUT2D eigenvalue weighted by molar-refractivity contribution is 0.442. The molecule has 0 radical (unpaired) electrons. The topological polar surface area (TPSA) is 28.4 Å². The molecule has 112 valence electrons. The molecule has 1 aliphatic heterocycles. The molecule has 21 heavy (non-hydrogen) atoms. The molecule has 0 unspecified atom stereocenters. The van der Waals surface area contributed by atoms with E-state index in [0.717, 1.165) is 50.5 Å². The number of furan rings is 1. The van der Waals surface area contributed by atoms with E-state index in [1.54, 1.807) is 0 Å². The Balaban J connectivity index is 1.67. The summed E-state index contributed by atoms with van der Waals surface area (Å²) in [6, 6.07) is 10.9. The van der Waals surface area contributed by atoms with Crippen molar-refractivity contribution in [3.8, 4) is 0 Å². The summed E-state index contributed by atoms with van der Waals surface area (Å²) in [6.45, 7) is 8.13. The van der Waals surface area contributed by atoms with Crippen LogP contribution in [0.3, 0.4) is 0 Å². The van der Waals surface area contributed by atoms with E-state index in [1.165, 1.54) is 16.8 Å². The van der Waals surface area contributed by atoms with Gasteiger partial charge in [-0.3, -0.25) is 0 Å². The third-order valence-electron chi connectivity index (χ3n) is 4.11. The van der Waals surface area contributed by atoms with Crippen LogP contribution in [0.5, 0.6) is 0 Å². The van der Waals surface area contributed by atoms with Gasteiger partial charge in [0.05, 0.1) is 13.1 Å². The van der Waals surface area contributed by atoms with Gasteiger partial charge in [0.15, 0.2) is 0 Å². The third-order valence-corrected chi connectivity index (χ3v) is 4.11. The predicted molar refractivity (Wildman–Crippen MR) is 86.6 cm³/mol. The van der Waals surface area contributed by atoms with Crippen LogP contribution in [0.1, 0.15) is 36.0 Å². The van der Waals surface area contributed by atoms with Crippen molar-refractivity contribution in [3.05, 3.63) is 53.0 Å². The predicted octanol–water partition coefficient (Wildman–Crippen LogP) is 3.65. The van der Waals surface area contributed by atoms with Crippen molar-refractivity contribution < 1.29 is 4.42 Å². The zero-order valence-corrected chi connectivity index (χ0v) is 13.0. The fraction of sp³-hybridized carbons (Fsp3) is 0.444. The Kier molecular flexibility index (Phi) is 4.30. The van der Waals surface area contributed by atoms with Crippen LogP contribution in [-0.2, 0) is 19.5 Å². The number of nitrogens with one attached hydrogen (secondary N) is 1. The SMILES string of the molecule is CCCNCc1oc(CN2CCc3ccccc32)cc1C. The maximum Gasteiger partial charge on any atom is 0.123 e. The van der Waals surface area contributed by atoms with Crippen molar-refractivity contribution in [1.82, 2.24) is 5.32 Å². The van der Waals surface area contributed by atoms with E-state index in [0.29, 0.717) is 0 Å². The van der Waals surface area contributed by atoms with Crippen LogP contribution in [0, 0.1) is 6.92 Å². The Morgan fingerprint density at radius 2 is 2.14 bits per heavy atom.